The Labute approximate surface area is 179 Å². The molecular weight excluding hydrogens is 401 g/mol. The summed E-state index contributed by atoms with van der Waals surface area (Å²) < 4.78 is 13.3. The molecule has 162 valence electrons. The van der Waals surface area contributed by atoms with Gasteiger partial charge in [0, 0.05) is 12.6 Å². The number of anilines is 2. The van der Waals surface area contributed by atoms with Crippen molar-refractivity contribution in [3.8, 4) is 0 Å². The molecule has 2 aliphatic rings. The highest BCUT2D eigenvalue weighted by molar-refractivity contribution is 6.22. The van der Waals surface area contributed by atoms with Crippen LogP contribution in [0.2, 0.25) is 0 Å². The SMILES string of the molecule is CC1CCC2C(=O)N(c3ccc(NCCc4cccc(F)c4)c([N+](=O)[O-])c3)C(=O)C2C1. The Morgan fingerprint density at radius 1 is 1.13 bits per heavy atom. The number of amides is 2. The number of hydrogen-bond acceptors (Lipinski definition) is 5. The summed E-state index contributed by atoms with van der Waals surface area (Å²) in [6.07, 6.45) is 2.74. The number of nitrogens with one attached hydrogen (secondary N) is 1. The van der Waals surface area contributed by atoms with E-state index in [0.29, 0.717) is 31.7 Å². The second-order valence-corrected chi connectivity index (χ2v) is 8.41. The van der Waals surface area contributed by atoms with Gasteiger partial charge in [-0.2, -0.15) is 0 Å². The molecule has 0 bridgehead atoms. The molecule has 31 heavy (non-hydrogen) atoms. The van der Waals surface area contributed by atoms with E-state index < -0.39 is 4.92 Å². The molecule has 2 aromatic rings. The monoisotopic (exact) mass is 425 g/mol. The first kappa shape index (κ1) is 21.0. The van der Waals surface area contributed by atoms with Crippen molar-refractivity contribution in [3.05, 3.63) is 64.0 Å². The summed E-state index contributed by atoms with van der Waals surface area (Å²) >= 11 is 0. The van der Waals surface area contributed by atoms with Crippen LogP contribution >= 0.6 is 0 Å². The number of hydrogen-bond donors (Lipinski definition) is 1. The molecule has 8 heteroatoms. The van der Waals surface area contributed by atoms with Gasteiger partial charge in [-0.05, 0) is 61.4 Å². The smallest absolute Gasteiger partial charge is 0.294 e. The Morgan fingerprint density at radius 3 is 2.65 bits per heavy atom. The minimum atomic E-state index is -0.534. The van der Waals surface area contributed by atoms with E-state index in [-0.39, 0.29) is 46.5 Å². The molecule has 1 heterocycles. The maximum absolute atomic E-state index is 13.3. The van der Waals surface area contributed by atoms with Gasteiger partial charge in [0.2, 0.25) is 11.8 Å². The van der Waals surface area contributed by atoms with Crippen molar-refractivity contribution in [2.75, 3.05) is 16.8 Å². The lowest BCUT2D eigenvalue weighted by molar-refractivity contribution is -0.383. The maximum Gasteiger partial charge on any atom is 0.294 e. The molecule has 1 aliphatic carbocycles. The van der Waals surface area contributed by atoms with E-state index in [9.17, 15) is 24.1 Å². The van der Waals surface area contributed by atoms with Crippen LogP contribution < -0.4 is 10.2 Å². The summed E-state index contributed by atoms with van der Waals surface area (Å²) in [5, 5.41) is 14.7. The Hall–Kier alpha value is -3.29. The van der Waals surface area contributed by atoms with Crippen LogP contribution in [-0.2, 0) is 16.0 Å². The van der Waals surface area contributed by atoms with Gasteiger partial charge in [0.1, 0.15) is 11.5 Å². The van der Waals surface area contributed by atoms with Crippen LogP contribution in [0.15, 0.2) is 42.5 Å². The molecule has 0 radical (unpaired) electrons. The Kier molecular flexibility index (Phi) is 5.71. The van der Waals surface area contributed by atoms with Crippen molar-refractivity contribution in [1.29, 1.82) is 0 Å². The third-order valence-corrected chi connectivity index (χ3v) is 6.24. The average molecular weight is 425 g/mol. The number of carbonyl (C=O) groups excluding carboxylic acids is 2. The summed E-state index contributed by atoms with van der Waals surface area (Å²) in [6, 6.07) is 10.5. The summed E-state index contributed by atoms with van der Waals surface area (Å²) in [4.78, 5) is 38.0. The zero-order chi connectivity index (χ0) is 22.1. The van der Waals surface area contributed by atoms with E-state index in [1.54, 1.807) is 18.2 Å². The number of carbonyl (C=O) groups is 2. The number of halogens is 1. The molecule has 1 saturated carbocycles. The van der Waals surface area contributed by atoms with Crippen LogP contribution in [0.25, 0.3) is 0 Å². The van der Waals surface area contributed by atoms with Gasteiger partial charge < -0.3 is 5.32 Å². The van der Waals surface area contributed by atoms with Gasteiger partial charge in [-0.1, -0.05) is 19.1 Å². The normalized spacial score (nSPS) is 23.0. The topological polar surface area (TPSA) is 92.6 Å². The Morgan fingerprint density at radius 2 is 1.90 bits per heavy atom. The molecular formula is C23H24FN3O4. The van der Waals surface area contributed by atoms with Crippen molar-refractivity contribution in [1.82, 2.24) is 0 Å². The molecule has 3 atom stereocenters. The lowest BCUT2D eigenvalue weighted by Crippen LogP contribution is -2.31. The zero-order valence-electron chi connectivity index (χ0n) is 17.2. The van der Waals surface area contributed by atoms with Crippen molar-refractivity contribution in [2.45, 2.75) is 32.6 Å². The Balaban J connectivity index is 1.53. The molecule has 0 aromatic heterocycles. The standard InChI is InChI=1S/C23H24FN3O4/c1-14-5-7-18-19(11-14)23(29)26(22(18)28)17-6-8-20(21(13-17)27(30)31)25-10-9-15-3-2-4-16(24)12-15/h2-4,6,8,12-14,18-19,25H,5,7,9-11H2,1H3. The lowest BCUT2D eigenvalue weighted by atomic mass is 9.76. The molecule has 0 spiro atoms. The van der Waals surface area contributed by atoms with Crippen LogP contribution in [0.4, 0.5) is 21.5 Å². The minimum Gasteiger partial charge on any atom is -0.379 e. The summed E-state index contributed by atoms with van der Waals surface area (Å²) in [5.74, 6) is -1.13. The van der Waals surface area contributed by atoms with Gasteiger partial charge in [-0.25, -0.2) is 9.29 Å². The molecule has 2 fully saturated rings. The van der Waals surface area contributed by atoms with Crippen LogP contribution in [-0.4, -0.2) is 23.3 Å². The van der Waals surface area contributed by atoms with Crippen molar-refractivity contribution >= 4 is 28.9 Å². The third kappa shape index (κ3) is 4.15. The highest BCUT2D eigenvalue weighted by Gasteiger charge is 2.50. The summed E-state index contributed by atoms with van der Waals surface area (Å²) in [6.45, 7) is 2.44. The molecule has 1 N–H and O–H groups in total. The number of nitro benzene ring substituents is 1. The summed E-state index contributed by atoms with van der Waals surface area (Å²) in [7, 11) is 0. The lowest BCUT2D eigenvalue weighted by Gasteiger charge is -2.25. The largest absolute Gasteiger partial charge is 0.379 e. The third-order valence-electron chi connectivity index (χ3n) is 6.24. The van der Waals surface area contributed by atoms with Gasteiger partial charge in [-0.3, -0.25) is 19.7 Å². The van der Waals surface area contributed by atoms with Gasteiger partial charge in [0.25, 0.3) is 5.69 Å². The van der Waals surface area contributed by atoms with Gasteiger partial charge in [0.05, 0.1) is 22.4 Å². The van der Waals surface area contributed by atoms with E-state index in [0.717, 1.165) is 16.9 Å². The highest BCUT2D eigenvalue weighted by atomic mass is 19.1. The molecule has 4 rings (SSSR count). The van der Waals surface area contributed by atoms with E-state index in [1.807, 2.05) is 0 Å². The average Bonchev–Trinajstić information content (AvgIpc) is 2.98. The molecule has 2 amide bonds. The van der Waals surface area contributed by atoms with Crippen LogP contribution in [0.5, 0.6) is 0 Å². The molecule has 2 aromatic carbocycles. The first-order valence-corrected chi connectivity index (χ1v) is 10.5. The molecule has 3 unspecified atom stereocenters. The fourth-order valence-electron chi connectivity index (χ4n) is 4.64. The molecule has 1 aliphatic heterocycles. The first-order valence-electron chi connectivity index (χ1n) is 10.5. The highest BCUT2D eigenvalue weighted by Crippen LogP contribution is 2.43. The first-order chi connectivity index (χ1) is 14.8. The quantitative estimate of drug-likeness (QED) is 0.423. The van der Waals surface area contributed by atoms with Crippen molar-refractivity contribution in [2.24, 2.45) is 17.8 Å². The fraction of sp³-hybridized carbons (Fsp3) is 0.391. The number of benzene rings is 2. The van der Waals surface area contributed by atoms with E-state index in [1.165, 1.54) is 24.3 Å². The molecule has 7 nitrogen and oxygen atoms in total. The van der Waals surface area contributed by atoms with E-state index in [2.05, 4.69) is 12.2 Å². The van der Waals surface area contributed by atoms with Crippen LogP contribution in [0, 0.1) is 33.7 Å². The number of rotatable bonds is 6. The van der Waals surface area contributed by atoms with Gasteiger partial charge in [-0.15, -0.1) is 0 Å². The second-order valence-electron chi connectivity index (χ2n) is 8.41. The number of fused-ring (bicyclic) bond motifs is 1. The van der Waals surface area contributed by atoms with Crippen LogP contribution in [0.1, 0.15) is 31.7 Å². The predicted octanol–water partition coefficient (Wildman–Crippen LogP) is 4.31. The molecule has 1 saturated heterocycles. The Bertz CT molecular complexity index is 1040. The predicted molar refractivity (Wildman–Crippen MR) is 114 cm³/mol. The van der Waals surface area contributed by atoms with Gasteiger partial charge in [0.15, 0.2) is 0 Å². The van der Waals surface area contributed by atoms with E-state index in [4.69, 9.17) is 0 Å². The zero-order valence-corrected chi connectivity index (χ0v) is 17.2. The van der Waals surface area contributed by atoms with Crippen LogP contribution in [0.3, 0.4) is 0 Å². The minimum absolute atomic E-state index is 0.208. The number of imide groups is 1. The van der Waals surface area contributed by atoms with Gasteiger partial charge >= 0.3 is 0 Å². The van der Waals surface area contributed by atoms with Crippen molar-refractivity contribution in [3.63, 3.8) is 0 Å². The van der Waals surface area contributed by atoms with Crippen molar-refractivity contribution < 1.29 is 18.9 Å². The summed E-state index contributed by atoms with van der Waals surface area (Å²) in [5.41, 5.74) is 1.09. The second kappa shape index (κ2) is 8.45. The number of nitro groups is 1. The van der Waals surface area contributed by atoms with E-state index >= 15 is 0 Å². The maximum atomic E-state index is 13.3. The fourth-order valence-corrected chi connectivity index (χ4v) is 4.64. The number of nitrogens with zero attached hydrogens (tertiary/aromatic N) is 2.